The van der Waals surface area contributed by atoms with Crippen molar-refractivity contribution in [1.29, 1.82) is 0 Å². The predicted octanol–water partition coefficient (Wildman–Crippen LogP) is 5.63. The van der Waals surface area contributed by atoms with Crippen molar-refractivity contribution >= 4 is 15.9 Å². The zero-order chi connectivity index (χ0) is 18.9. The van der Waals surface area contributed by atoms with Gasteiger partial charge >= 0.3 is 6.18 Å². The molecular weight excluding hydrogens is 416 g/mol. The molecule has 1 saturated carbocycles. The molecule has 2 aromatic rings. The Morgan fingerprint density at radius 2 is 1.85 bits per heavy atom. The lowest BCUT2D eigenvalue weighted by molar-refractivity contribution is -0.153. The molecule has 0 amide bonds. The lowest BCUT2D eigenvalue weighted by Gasteiger charge is -2.17. The number of ether oxygens (including phenoxy) is 2. The molecule has 140 valence electrons. The fourth-order valence-electron chi connectivity index (χ4n) is 3.22. The molecule has 1 aliphatic rings. The molecule has 0 aromatic heterocycles. The first-order valence-corrected chi connectivity index (χ1v) is 8.82. The standard InChI is InChI=1S/C19H17BrF4O2/c1-25-18(10-14(18)8-12-2-7-17(21)16(20)9-12)13-3-5-15(6-4-13)26-11-19(22,23)24/h2-7,9,14H,8,10-11H2,1H3. The molecule has 2 aromatic carbocycles. The first-order valence-electron chi connectivity index (χ1n) is 8.03. The van der Waals surface area contributed by atoms with Crippen LogP contribution in [0.25, 0.3) is 0 Å². The van der Waals surface area contributed by atoms with Crippen molar-refractivity contribution in [3.05, 3.63) is 63.9 Å². The molecular formula is C19H17BrF4O2. The molecule has 0 saturated heterocycles. The normalized spacial score (nSPS) is 22.3. The van der Waals surface area contributed by atoms with Crippen LogP contribution in [0.15, 0.2) is 46.9 Å². The van der Waals surface area contributed by atoms with Gasteiger partial charge in [0.15, 0.2) is 6.61 Å². The largest absolute Gasteiger partial charge is 0.484 e. The van der Waals surface area contributed by atoms with Gasteiger partial charge < -0.3 is 9.47 Å². The Kier molecular flexibility index (Phi) is 5.30. The van der Waals surface area contributed by atoms with Crippen LogP contribution < -0.4 is 4.74 Å². The van der Waals surface area contributed by atoms with E-state index in [4.69, 9.17) is 9.47 Å². The van der Waals surface area contributed by atoms with Crippen LogP contribution in [0.3, 0.4) is 0 Å². The van der Waals surface area contributed by atoms with Crippen molar-refractivity contribution in [3.8, 4) is 5.75 Å². The topological polar surface area (TPSA) is 18.5 Å². The maximum absolute atomic E-state index is 13.4. The van der Waals surface area contributed by atoms with Gasteiger partial charge in [-0.3, -0.25) is 0 Å². The Morgan fingerprint density at radius 3 is 2.42 bits per heavy atom. The molecule has 2 nitrogen and oxygen atoms in total. The third-order valence-corrected chi connectivity index (χ3v) is 5.23. The van der Waals surface area contributed by atoms with Gasteiger partial charge in [-0.05, 0) is 70.1 Å². The number of methoxy groups -OCH3 is 1. The van der Waals surface area contributed by atoms with Gasteiger partial charge in [-0.25, -0.2) is 4.39 Å². The minimum Gasteiger partial charge on any atom is -0.484 e. The molecule has 26 heavy (non-hydrogen) atoms. The average Bonchev–Trinajstić information content (AvgIpc) is 3.30. The van der Waals surface area contributed by atoms with Crippen LogP contribution in [-0.4, -0.2) is 19.9 Å². The quantitative estimate of drug-likeness (QED) is 0.550. The highest BCUT2D eigenvalue weighted by molar-refractivity contribution is 9.10. The molecule has 2 unspecified atom stereocenters. The second kappa shape index (κ2) is 7.19. The van der Waals surface area contributed by atoms with E-state index >= 15 is 0 Å². The summed E-state index contributed by atoms with van der Waals surface area (Å²) in [5.74, 6) is 0.0702. The molecule has 0 bridgehead atoms. The van der Waals surface area contributed by atoms with E-state index in [1.807, 2.05) is 0 Å². The highest BCUT2D eigenvalue weighted by Crippen LogP contribution is 2.56. The highest BCUT2D eigenvalue weighted by Gasteiger charge is 2.55. The van der Waals surface area contributed by atoms with Gasteiger partial charge in [0, 0.05) is 7.11 Å². The van der Waals surface area contributed by atoms with E-state index in [-0.39, 0.29) is 17.5 Å². The van der Waals surface area contributed by atoms with Crippen molar-refractivity contribution in [3.63, 3.8) is 0 Å². The van der Waals surface area contributed by atoms with Crippen LogP contribution >= 0.6 is 15.9 Å². The molecule has 1 fully saturated rings. The van der Waals surface area contributed by atoms with E-state index in [2.05, 4.69) is 15.9 Å². The second-order valence-corrected chi connectivity index (χ2v) is 7.23. The summed E-state index contributed by atoms with van der Waals surface area (Å²) in [5, 5.41) is 0. The maximum Gasteiger partial charge on any atom is 0.422 e. The van der Waals surface area contributed by atoms with Gasteiger partial charge in [0.25, 0.3) is 0 Å². The summed E-state index contributed by atoms with van der Waals surface area (Å²) in [5.41, 5.74) is 1.42. The van der Waals surface area contributed by atoms with E-state index in [1.165, 1.54) is 18.2 Å². The van der Waals surface area contributed by atoms with Crippen LogP contribution in [-0.2, 0) is 16.8 Å². The van der Waals surface area contributed by atoms with Gasteiger partial charge in [-0.15, -0.1) is 0 Å². The van der Waals surface area contributed by atoms with Gasteiger partial charge in [0.2, 0.25) is 0 Å². The Labute approximate surface area is 157 Å². The molecule has 0 heterocycles. The molecule has 2 atom stereocenters. The van der Waals surface area contributed by atoms with Crippen LogP contribution in [0.5, 0.6) is 5.75 Å². The minimum absolute atomic E-state index is 0.164. The van der Waals surface area contributed by atoms with E-state index in [9.17, 15) is 17.6 Å². The Balaban J connectivity index is 1.68. The number of hydrogen-bond acceptors (Lipinski definition) is 2. The van der Waals surface area contributed by atoms with Crippen molar-refractivity contribution in [2.24, 2.45) is 5.92 Å². The van der Waals surface area contributed by atoms with E-state index < -0.39 is 18.4 Å². The fourth-order valence-corrected chi connectivity index (χ4v) is 3.64. The minimum atomic E-state index is -4.36. The summed E-state index contributed by atoms with van der Waals surface area (Å²) in [6.07, 6.45) is -2.85. The van der Waals surface area contributed by atoms with Gasteiger partial charge in [-0.1, -0.05) is 18.2 Å². The SMILES string of the molecule is COC1(c2ccc(OCC(F)(F)F)cc2)CC1Cc1ccc(F)c(Br)c1. The highest BCUT2D eigenvalue weighted by atomic mass is 79.9. The first-order chi connectivity index (χ1) is 12.2. The second-order valence-electron chi connectivity index (χ2n) is 6.38. The first kappa shape index (κ1) is 19.2. The third kappa shape index (κ3) is 4.20. The fraction of sp³-hybridized carbons (Fsp3) is 0.368. The summed E-state index contributed by atoms with van der Waals surface area (Å²) >= 11 is 3.18. The number of hydrogen-bond donors (Lipinski definition) is 0. The molecule has 3 rings (SSSR count). The molecule has 1 aliphatic carbocycles. The number of rotatable bonds is 6. The monoisotopic (exact) mass is 432 g/mol. The van der Waals surface area contributed by atoms with Crippen molar-refractivity contribution in [2.45, 2.75) is 24.6 Å². The lowest BCUT2D eigenvalue weighted by Crippen LogP contribution is -2.19. The number of alkyl halides is 3. The molecule has 0 radical (unpaired) electrons. The zero-order valence-corrected chi connectivity index (χ0v) is 15.5. The maximum atomic E-state index is 13.4. The van der Waals surface area contributed by atoms with Crippen LogP contribution in [0.1, 0.15) is 17.5 Å². The zero-order valence-electron chi connectivity index (χ0n) is 13.9. The van der Waals surface area contributed by atoms with Crippen LogP contribution in [0.4, 0.5) is 17.6 Å². The lowest BCUT2D eigenvalue weighted by atomic mass is 10.0. The molecule has 0 N–H and O–H groups in total. The summed E-state index contributed by atoms with van der Waals surface area (Å²) < 4.78 is 60.9. The Hall–Kier alpha value is -1.60. The number of halogens is 5. The number of benzene rings is 2. The van der Waals surface area contributed by atoms with E-state index in [1.54, 1.807) is 31.4 Å². The predicted molar refractivity (Wildman–Crippen MR) is 92.6 cm³/mol. The van der Waals surface area contributed by atoms with E-state index in [0.29, 0.717) is 4.47 Å². The summed E-state index contributed by atoms with van der Waals surface area (Å²) in [6.45, 7) is -1.32. The molecule has 0 spiro atoms. The van der Waals surface area contributed by atoms with Gasteiger partial charge in [-0.2, -0.15) is 13.2 Å². The van der Waals surface area contributed by atoms with Gasteiger partial charge in [0.1, 0.15) is 11.6 Å². The Morgan fingerprint density at radius 1 is 1.15 bits per heavy atom. The summed E-state index contributed by atoms with van der Waals surface area (Å²) in [6, 6.07) is 11.4. The van der Waals surface area contributed by atoms with Crippen LogP contribution in [0.2, 0.25) is 0 Å². The van der Waals surface area contributed by atoms with Gasteiger partial charge in [0.05, 0.1) is 10.1 Å². The van der Waals surface area contributed by atoms with E-state index in [0.717, 1.165) is 24.0 Å². The molecule has 0 aliphatic heterocycles. The summed E-state index contributed by atoms with van der Waals surface area (Å²) in [7, 11) is 1.62. The average molecular weight is 433 g/mol. The molecule has 7 heteroatoms. The van der Waals surface area contributed by atoms with Crippen LogP contribution in [0, 0.1) is 11.7 Å². The van der Waals surface area contributed by atoms with Crippen molar-refractivity contribution in [2.75, 3.05) is 13.7 Å². The third-order valence-electron chi connectivity index (χ3n) is 4.62. The smallest absolute Gasteiger partial charge is 0.422 e. The Bertz CT molecular complexity index is 776. The van der Waals surface area contributed by atoms with Crippen molar-refractivity contribution in [1.82, 2.24) is 0 Å². The van der Waals surface area contributed by atoms with Crippen molar-refractivity contribution < 1.29 is 27.0 Å². The summed E-state index contributed by atoms with van der Waals surface area (Å²) in [4.78, 5) is 0.